The highest BCUT2D eigenvalue weighted by atomic mass is 32.2. The molecule has 0 heterocycles. The van der Waals surface area contributed by atoms with Gasteiger partial charge in [0.05, 0.1) is 0 Å². The van der Waals surface area contributed by atoms with Crippen LogP contribution in [0.3, 0.4) is 0 Å². The second-order valence-corrected chi connectivity index (χ2v) is 7.71. The van der Waals surface area contributed by atoms with Crippen molar-refractivity contribution in [3.8, 4) is 0 Å². The van der Waals surface area contributed by atoms with Gasteiger partial charge in [-0.2, -0.15) is 11.8 Å². The fourth-order valence-electron chi connectivity index (χ4n) is 2.36. The number of aryl methyl sites for hydroxylation is 1. The van der Waals surface area contributed by atoms with Crippen LogP contribution in [-0.4, -0.2) is 17.4 Å². The van der Waals surface area contributed by atoms with Gasteiger partial charge in [0.25, 0.3) is 0 Å². The van der Waals surface area contributed by atoms with Crippen molar-refractivity contribution in [3.63, 3.8) is 0 Å². The molecule has 0 saturated carbocycles. The average Bonchev–Trinajstić information content (AvgIpc) is 2.55. The van der Waals surface area contributed by atoms with E-state index >= 15 is 0 Å². The van der Waals surface area contributed by atoms with E-state index in [0.29, 0.717) is 11.0 Å². The Morgan fingerprint density at radius 1 is 1.12 bits per heavy atom. The molecule has 0 bridgehead atoms. The molecular formula is C20H26N2S2. The van der Waals surface area contributed by atoms with Crippen LogP contribution in [0.5, 0.6) is 0 Å². The SMILES string of the molecule is Cc1cccc(CSCCNC(=S)Nc2ccc(C(C)C)cc2)c1. The second-order valence-electron chi connectivity index (χ2n) is 6.20. The van der Waals surface area contributed by atoms with Crippen LogP contribution in [-0.2, 0) is 5.75 Å². The second kappa shape index (κ2) is 9.70. The Morgan fingerprint density at radius 2 is 1.88 bits per heavy atom. The first kappa shape index (κ1) is 18.8. The van der Waals surface area contributed by atoms with Crippen molar-refractivity contribution in [3.05, 3.63) is 65.2 Å². The lowest BCUT2D eigenvalue weighted by atomic mass is 10.0. The zero-order valence-corrected chi connectivity index (χ0v) is 16.3. The summed E-state index contributed by atoms with van der Waals surface area (Å²) in [7, 11) is 0. The number of nitrogens with one attached hydrogen (secondary N) is 2. The zero-order chi connectivity index (χ0) is 17.4. The summed E-state index contributed by atoms with van der Waals surface area (Å²) < 4.78 is 0. The molecule has 0 atom stereocenters. The van der Waals surface area contributed by atoms with Crippen LogP contribution in [0, 0.1) is 6.92 Å². The molecule has 128 valence electrons. The first-order valence-corrected chi connectivity index (χ1v) is 9.89. The monoisotopic (exact) mass is 358 g/mol. The van der Waals surface area contributed by atoms with Gasteiger partial charge in [-0.05, 0) is 48.3 Å². The lowest BCUT2D eigenvalue weighted by Crippen LogP contribution is -2.30. The van der Waals surface area contributed by atoms with E-state index in [1.165, 1.54) is 16.7 Å². The summed E-state index contributed by atoms with van der Waals surface area (Å²) in [5, 5.41) is 7.18. The predicted molar refractivity (Wildman–Crippen MR) is 112 cm³/mol. The smallest absolute Gasteiger partial charge is 0.170 e. The van der Waals surface area contributed by atoms with Crippen molar-refractivity contribution in [2.75, 3.05) is 17.6 Å². The molecule has 24 heavy (non-hydrogen) atoms. The minimum Gasteiger partial charge on any atom is -0.362 e. The average molecular weight is 359 g/mol. The van der Waals surface area contributed by atoms with E-state index in [0.717, 1.165) is 23.7 Å². The summed E-state index contributed by atoms with van der Waals surface area (Å²) in [6, 6.07) is 17.1. The normalized spacial score (nSPS) is 10.7. The van der Waals surface area contributed by atoms with Crippen molar-refractivity contribution in [2.24, 2.45) is 0 Å². The molecule has 4 heteroatoms. The molecule has 2 aromatic carbocycles. The van der Waals surface area contributed by atoms with Crippen molar-refractivity contribution < 1.29 is 0 Å². The number of benzene rings is 2. The molecular weight excluding hydrogens is 332 g/mol. The molecule has 2 rings (SSSR count). The lowest BCUT2D eigenvalue weighted by molar-refractivity contribution is 0.867. The van der Waals surface area contributed by atoms with Crippen LogP contribution in [0.25, 0.3) is 0 Å². The van der Waals surface area contributed by atoms with Gasteiger partial charge in [-0.1, -0.05) is 55.8 Å². The van der Waals surface area contributed by atoms with Gasteiger partial charge in [-0.25, -0.2) is 0 Å². The molecule has 2 N–H and O–H groups in total. The summed E-state index contributed by atoms with van der Waals surface area (Å²) >= 11 is 7.27. The molecule has 2 nitrogen and oxygen atoms in total. The lowest BCUT2D eigenvalue weighted by Gasteiger charge is -2.12. The molecule has 0 fully saturated rings. The van der Waals surface area contributed by atoms with Gasteiger partial charge in [-0.15, -0.1) is 0 Å². The van der Waals surface area contributed by atoms with Gasteiger partial charge < -0.3 is 10.6 Å². The van der Waals surface area contributed by atoms with Crippen molar-refractivity contribution >= 4 is 34.8 Å². The highest BCUT2D eigenvalue weighted by Gasteiger charge is 2.01. The number of anilines is 1. The van der Waals surface area contributed by atoms with Crippen molar-refractivity contribution in [1.29, 1.82) is 0 Å². The van der Waals surface area contributed by atoms with Crippen LogP contribution in [0.2, 0.25) is 0 Å². The van der Waals surface area contributed by atoms with Gasteiger partial charge in [0.15, 0.2) is 5.11 Å². The number of thioether (sulfide) groups is 1. The molecule has 2 aromatic rings. The van der Waals surface area contributed by atoms with Gasteiger partial charge in [-0.3, -0.25) is 0 Å². The Kier molecular flexibility index (Phi) is 7.60. The Labute approximate surface area is 155 Å². The van der Waals surface area contributed by atoms with Gasteiger partial charge in [0.2, 0.25) is 0 Å². The van der Waals surface area contributed by atoms with Crippen LogP contribution in [0.15, 0.2) is 48.5 Å². The number of thiocarbonyl (C=S) groups is 1. The minimum absolute atomic E-state index is 0.551. The molecule has 0 spiro atoms. The molecule has 0 aliphatic rings. The zero-order valence-electron chi connectivity index (χ0n) is 14.6. The molecule has 0 aliphatic carbocycles. The van der Waals surface area contributed by atoms with Gasteiger partial charge in [0.1, 0.15) is 0 Å². The maximum atomic E-state index is 5.35. The number of hydrogen-bond acceptors (Lipinski definition) is 2. The first-order chi connectivity index (χ1) is 11.5. The Bertz CT molecular complexity index is 651. The summed E-state index contributed by atoms with van der Waals surface area (Å²) in [4.78, 5) is 0. The largest absolute Gasteiger partial charge is 0.362 e. The third-order valence-corrected chi connectivity index (χ3v) is 5.00. The molecule has 0 aliphatic heterocycles. The Balaban J connectivity index is 1.64. The van der Waals surface area contributed by atoms with E-state index in [4.69, 9.17) is 12.2 Å². The van der Waals surface area contributed by atoms with Gasteiger partial charge >= 0.3 is 0 Å². The molecule has 0 aromatic heterocycles. The van der Waals surface area contributed by atoms with Crippen LogP contribution >= 0.6 is 24.0 Å². The van der Waals surface area contributed by atoms with E-state index in [9.17, 15) is 0 Å². The summed E-state index contributed by atoms with van der Waals surface area (Å²) in [5.41, 5.74) is 5.07. The quantitative estimate of drug-likeness (QED) is 0.515. The van der Waals surface area contributed by atoms with Crippen LogP contribution in [0.4, 0.5) is 5.69 Å². The van der Waals surface area contributed by atoms with E-state index < -0.39 is 0 Å². The van der Waals surface area contributed by atoms with E-state index in [1.54, 1.807) is 0 Å². The number of hydrogen-bond donors (Lipinski definition) is 2. The Morgan fingerprint density at radius 3 is 2.54 bits per heavy atom. The fourth-order valence-corrected chi connectivity index (χ4v) is 3.38. The molecule has 0 saturated heterocycles. The highest BCUT2D eigenvalue weighted by molar-refractivity contribution is 7.98. The topological polar surface area (TPSA) is 24.1 Å². The number of rotatable bonds is 7. The van der Waals surface area contributed by atoms with Crippen molar-refractivity contribution in [1.82, 2.24) is 5.32 Å². The summed E-state index contributed by atoms with van der Waals surface area (Å²) in [6.45, 7) is 7.39. The van der Waals surface area contributed by atoms with E-state index in [2.05, 4.69) is 79.9 Å². The standard InChI is InChI=1S/C20H26N2S2/c1-15(2)18-7-9-19(10-8-18)22-20(23)21-11-12-24-14-17-6-4-5-16(3)13-17/h4-10,13,15H,11-12,14H2,1-3H3,(H2,21,22,23). The van der Waals surface area contributed by atoms with E-state index in [1.807, 2.05) is 11.8 Å². The first-order valence-electron chi connectivity index (χ1n) is 8.32. The minimum atomic E-state index is 0.551. The highest BCUT2D eigenvalue weighted by Crippen LogP contribution is 2.17. The van der Waals surface area contributed by atoms with Gasteiger partial charge in [0, 0.05) is 23.7 Å². The van der Waals surface area contributed by atoms with Crippen LogP contribution < -0.4 is 10.6 Å². The molecule has 0 unspecified atom stereocenters. The summed E-state index contributed by atoms with van der Waals surface area (Å²) in [6.07, 6.45) is 0. The van der Waals surface area contributed by atoms with Crippen molar-refractivity contribution in [2.45, 2.75) is 32.4 Å². The maximum Gasteiger partial charge on any atom is 0.170 e. The molecule has 0 amide bonds. The van der Waals surface area contributed by atoms with Crippen LogP contribution in [0.1, 0.15) is 36.5 Å². The Hall–Kier alpha value is -1.52. The summed E-state index contributed by atoms with van der Waals surface area (Å²) in [5.74, 6) is 2.62. The fraction of sp³-hybridized carbons (Fsp3) is 0.350. The van der Waals surface area contributed by atoms with E-state index in [-0.39, 0.29) is 0 Å². The maximum absolute atomic E-state index is 5.35. The predicted octanol–water partition coefficient (Wildman–Crippen LogP) is 5.34. The third-order valence-electron chi connectivity index (χ3n) is 3.72. The molecule has 0 radical (unpaired) electrons. The third kappa shape index (κ3) is 6.54.